The molecule has 0 amide bonds. The lowest BCUT2D eigenvalue weighted by Crippen LogP contribution is -2.11. The fourth-order valence-electron chi connectivity index (χ4n) is 3.14. The Morgan fingerprint density at radius 2 is 1.93 bits per heavy atom. The van der Waals surface area contributed by atoms with Crippen molar-refractivity contribution in [1.29, 1.82) is 0 Å². The number of phenols is 1. The molecular formula is C19H15Cl2N5O. The van der Waals surface area contributed by atoms with Gasteiger partial charge in [-0.3, -0.25) is 0 Å². The van der Waals surface area contributed by atoms with Crippen LogP contribution in [0.4, 0.5) is 0 Å². The molecule has 0 spiro atoms. The quantitative estimate of drug-likeness (QED) is 0.540. The molecule has 0 aliphatic heterocycles. The third-order valence-electron chi connectivity index (χ3n) is 4.36. The van der Waals surface area contributed by atoms with E-state index in [2.05, 4.69) is 10.1 Å². The molecule has 4 rings (SSSR count). The van der Waals surface area contributed by atoms with Crippen LogP contribution >= 0.6 is 23.2 Å². The highest BCUT2D eigenvalue weighted by Crippen LogP contribution is 2.36. The van der Waals surface area contributed by atoms with Gasteiger partial charge < -0.3 is 10.8 Å². The number of nitrogens with two attached hydrogens (primary N) is 1. The van der Waals surface area contributed by atoms with E-state index in [1.807, 2.05) is 6.07 Å². The summed E-state index contributed by atoms with van der Waals surface area (Å²) in [4.78, 5) is 8.77. The van der Waals surface area contributed by atoms with Crippen LogP contribution in [0.1, 0.15) is 11.1 Å². The van der Waals surface area contributed by atoms with E-state index in [9.17, 15) is 5.11 Å². The second kappa shape index (κ2) is 7.15. The first-order valence-corrected chi connectivity index (χ1v) is 8.95. The van der Waals surface area contributed by atoms with E-state index in [1.54, 1.807) is 41.3 Å². The fraction of sp³-hybridized carbons (Fsp3) is 0.105. The first kappa shape index (κ1) is 17.7. The summed E-state index contributed by atoms with van der Waals surface area (Å²) in [5, 5.41) is 16.0. The Labute approximate surface area is 165 Å². The molecule has 0 saturated carbocycles. The molecule has 2 aromatic carbocycles. The maximum atomic E-state index is 9.98. The van der Waals surface area contributed by atoms with E-state index >= 15 is 0 Å². The Kier molecular flexibility index (Phi) is 4.70. The number of phenolic OH excluding ortho intramolecular Hbond substituents is 1. The zero-order valence-electron chi connectivity index (χ0n) is 14.1. The second-order valence-electron chi connectivity index (χ2n) is 6.04. The van der Waals surface area contributed by atoms with Crippen molar-refractivity contribution in [2.45, 2.75) is 13.1 Å². The van der Waals surface area contributed by atoms with Crippen LogP contribution < -0.4 is 5.73 Å². The molecule has 0 aliphatic rings. The van der Waals surface area contributed by atoms with Crippen LogP contribution in [0.2, 0.25) is 10.0 Å². The Hall–Kier alpha value is -2.67. The molecule has 0 fully saturated rings. The second-order valence-corrected chi connectivity index (χ2v) is 6.88. The predicted molar refractivity (Wildman–Crippen MR) is 106 cm³/mol. The van der Waals surface area contributed by atoms with E-state index in [1.165, 1.54) is 6.33 Å². The minimum absolute atomic E-state index is 0.157. The van der Waals surface area contributed by atoms with Gasteiger partial charge in [0, 0.05) is 22.5 Å². The van der Waals surface area contributed by atoms with Gasteiger partial charge in [-0.15, -0.1) is 0 Å². The van der Waals surface area contributed by atoms with Crippen LogP contribution in [-0.4, -0.2) is 24.9 Å². The summed E-state index contributed by atoms with van der Waals surface area (Å²) in [6.07, 6.45) is 3.10. The number of nitrogens with zero attached hydrogens (tertiary/aromatic N) is 4. The maximum absolute atomic E-state index is 9.98. The van der Waals surface area contributed by atoms with Crippen LogP contribution in [0, 0.1) is 0 Å². The van der Waals surface area contributed by atoms with Crippen LogP contribution in [-0.2, 0) is 13.1 Å². The van der Waals surface area contributed by atoms with Crippen LogP contribution in [0.5, 0.6) is 5.75 Å². The highest BCUT2D eigenvalue weighted by molar-refractivity contribution is 6.36. The number of halogens is 2. The van der Waals surface area contributed by atoms with Gasteiger partial charge in [0.1, 0.15) is 18.4 Å². The molecule has 4 aromatic rings. The average Bonchev–Trinajstić information content (AvgIpc) is 3.15. The van der Waals surface area contributed by atoms with Gasteiger partial charge in [-0.2, -0.15) is 5.10 Å². The monoisotopic (exact) mass is 399 g/mol. The molecule has 0 atom stereocenters. The zero-order chi connectivity index (χ0) is 19.0. The molecule has 3 N–H and O–H groups in total. The Balaban J connectivity index is 2.03. The summed E-state index contributed by atoms with van der Waals surface area (Å²) in [7, 11) is 0. The lowest BCUT2D eigenvalue weighted by Gasteiger charge is -2.17. The van der Waals surface area contributed by atoms with Gasteiger partial charge in [-0.25, -0.2) is 14.6 Å². The van der Waals surface area contributed by atoms with E-state index in [0.717, 1.165) is 27.6 Å². The third-order valence-corrected chi connectivity index (χ3v) is 4.91. The van der Waals surface area contributed by atoms with Crippen molar-refractivity contribution in [2.24, 2.45) is 5.73 Å². The smallest absolute Gasteiger partial charge is 0.137 e. The molecule has 0 unspecified atom stereocenters. The molecule has 0 aliphatic carbocycles. The number of hydrogen-bond donors (Lipinski definition) is 2. The van der Waals surface area contributed by atoms with Gasteiger partial charge in [0.05, 0.1) is 22.8 Å². The van der Waals surface area contributed by atoms with Gasteiger partial charge in [-0.05, 0) is 47.5 Å². The maximum Gasteiger partial charge on any atom is 0.137 e. The van der Waals surface area contributed by atoms with Crippen LogP contribution in [0.25, 0.3) is 22.2 Å². The zero-order valence-corrected chi connectivity index (χ0v) is 15.6. The summed E-state index contributed by atoms with van der Waals surface area (Å²) in [5.41, 5.74) is 10.0. The normalized spacial score (nSPS) is 11.2. The molecule has 0 saturated heterocycles. The first-order chi connectivity index (χ1) is 13.1. The number of aromatic nitrogens is 4. The van der Waals surface area contributed by atoms with Gasteiger partial charge in [0.2, 0.25) is 0 Å². The lowest BCUT2D eigenvalue weighted by molar-refractivity contribution is 0.476. The number of hydrogen-bond acceptors (Lipinski definition) is 5. The topological polar surface area (TPSA) is 89.8 Å². The molecule has 2 aromatic heterocycles. The molecule has 8 heteroatoms. The SMILES string of the molecule is NCc1c(-c2ccc(Cl)cc2Cl)nc2ccc(O)cc2c1Cn1cncn1. The molecule has 27 heavy (non-hydrogen) atoms. The van der Waals surface area contributed by atoms with Gasteiger partial charge in [0.15, 0.2) is 0 Å². The Morgan fingerprint density at radius 3 is 2.63 bits per heavy atom. The highest BCUT2D eigenvalue weighted by atomic mass is 35.5. The molecule has 2 heterocycles. The van der Waals surface area contributed by atoms with Crippen molar-refractivity contribution in [3.8, 4) is 17.0 Å². The molecule has 0 bridgehead atoms. The minimum atomic E-state index is 0.157. The molecule has 6 nitrogen and oxygen atoms in total. The van der Waals surface area contributed by atoms with Crippen molar-refractivity contribution in [3.05, 3.63) is 70.2 Å². The lowest BCUT2D eigenvalue weighted by atomic mass is 9.96. The number of pyridine rings is 1. The molecular weight excluding hydrogens is 385 g/mol. The van der Waals surface area contributed by atoms with Crippen LogP contribution in [0.3, 0.4) is 0 Å². The Morgan fingerprint density at radius 1 is 1.07 bits per heavy atom. The van der Waals surface area contributed by atoms with Crippen molar-refractivity contribution < 1.29 is 5.11 Å². The third kappa shape index (κ3) is 3.35. The minimum Gasteiger partial charge on any atom is -0.508 e. The summed E-state index contributed by atoms with van der Waals surface area (Å²) < 4.78 is 1.70. The van der Waals surface area contributed by atoms with Crippen molar-refractivity contribution >= 4 is 34.1 Å². The number of rotatable bonds is 4. The standard InChI is InChI=1S/C19H15Cl2N5O/c20-11-1-3-13(17(21)5-11)19-15(7-22)16(8-26-10-23-9-24-26)14-6-12(27)2-4-18(14)25-19/h1-6,9-10,27H,7-8,22H2. The number of benzene rings is 2. The first-order valence-electron chi connectivity index (χ1n) is 8.19. The highest BCUT2D eigenvalue weighted by Gasteiger charge is 2.18. The predicted octanol–water partition coefficient (Wildman–Crippen LogP) is 4.01. The summed E-state index contributed by atoms with van der Waals surface area (Å²) in [5.74, 6) is 0.157. The van der Waals surface area contributed by atoms with E-state index < -0.39 is 0 Å². The van der Waals surface area contributed by atoms with Crippen molar-refractivity contribution in [1.82, 2.24) is 19.7 Å². The van der Waals surface area contributed by atoms with Gasteiger partial charge in [-0.1, -0.05) is 23.2 Å². The molecule has 0 radical (unpaired) electrons. The van der Waals surface area contributed by atoms with Gasteiger partial charge in [0.25, 0.3) is 0 Å². The molecule has 136 valence electrons. The summed E-state index contributed by atoms with van der Waals surface area (Å²) in [6, 6.07) is 10.3. The van der Waals surface area contributed by atoms with E-state index in [0.29, 0.717) is 22.3 Å². The van der Waals surface area contributed by atoms with Crippen LogP contribution in [0.15, 0.2) is 49.1 Å². The van der Waals surface area contributed by atoms with Crippen molar-refractivity contribution in [2.75, 3.05) is 0 Å². The fourth-order valence-corrected chi connectivity index (χ4v) is 3.64. The van der Waals surface area contributed by atoms with E-state index in [4.69, 9.17) is 33.9 Å². The summed E-state index contributed by atoms with van der Waals surface area (Å²) >= 11 is 12.5. The van der Waals surface area contributed by atoms with Gasteiger partial charge >= 0.3 is 0 Å². The van der Waals surface area contributed by atoms with E-state index in [-0.39, 0.29) is 12.3 Å². The largest absolute Gasteiger partial charge is 0.508 e. The average molecular weight is 400 g/mol. The Bertz CT molecular complexity index is 1130. The number of aromatic hydroxyl groups is 1. The summed E-state index contributed by atoms with van der Waals surface area (Å²) in [6.45, 7) is 0.685. The number of fused-ring (bicyclic) bond motifs is 1. The van der Waals surface area contributed by atoms with Crippen molar-refractivity contribution in [3.63, 3.8) is 0 Å².